The lowest BCUT2D eigenvalue weighted by atomic mass is 10.1. The fourth-order valence-corrected chi connectivity index (χ4v) is 1.85. The Labute approximate surface area is 96.9 Å². The average molecular weight is 227 g/mol. The first-order chi connectivity index (χ1) is 7.51. The van der Waals surface area contributed by atoms with Crippen molar-refractivity contribution in [2.75, 3.05) is 26.3 Å². The second-order valence-corrected chi connectivity index (χ2v) is 4.42. The van der Waals surface area contributed by atoms with Gasteiger partial charge < -0.3 is 14.7 Å². The Balaban J connectivity index is 2.47. The zero-order chi connectivity index (χ0) is 12.2. The first-order valence-electron chi connectivity index (χ1n) is 5.74. The zero-order valence-electron chi connectivity index (χ0n) is 10.1. The maximum Gasteiger partial charge on any atom is 0.258 e. The maximum atomic E-state index is 11.9. The molecule has 1 aliphatic rings. The topological polar surface area (TPSA) is 49.8 Å². The van der Waals surface area contributed by atoms with Crippen LogP contribution < -0.4 is 0 Å². The summed E-state index contributed by atoms with van der Waals surface area (Å²) in [6.07, 6.45) is 2.23. The van der Waals surface area contributed by atoms with Gasteiger partial charge in [0.15, 0.2) is 5.60 Å². The van der Waals surface area contributed by atoms with Crippen LogP contribution in [0.15, 0.2) is 12.7 Å². The average Bonchev–Trinajstić information content (AvgIpc) is 2.73. The standard InChI is InChI=1S/C12H21NO3/c1-4-12(3,15)11(14)13-7-6-10(8-13)9-16-5-2/h4,10,15H,1,5-9H2,2-3H3/t10-,12-/m0/s1. The lowest BCUT2D eigenvalue weighted by Crippen LogP contribution is -2.44. The highest BCUT2D eigenvalue weighted by atomic mass is 16.5. The molecule has 0 unspecified atom stereocenters. The molecule has 2 atom stereocenters. The molecular formula is C12H21NO3. The molecule has 16 heavy (non-hydrogen) atoms. The molecule has 0 bridgehead atoms. The Morgan fingerprint density at radius 3 is 3.00 bits per heavy atom. The van der Waals surface area contributed by atoms with E-state index in [1.54, 1.807) is 4.90 Å². The number of nitrogens with zero attached hydrogens (tertiary/aromatic N) is 1. The molecule has 92 valence electrons. The molecule has 1 saturated heterocycles. The van der Waals surface area contributed by atoms with Gasteiger partial charge in [0.1, 0.15) is 0 Å². The number of likely N-dealkylation sites (tertiary alicyclic amines) is 1. The van der Waals surface area contributed by atoms with Gasteiger partial charge in [-0.15, -0.1) is 0 Å². The minimum absolute atomic E-state index is 0.263. The van der Waals surface area contributed by atoms with Crippen LogP contribution in [0.2, 0.25) is 0 Å². The minimum atomic E-state index is -1.44. The van der Waals surface area contributed by atoms with Crippen LogP contribution in [0, 0.1) is 5.92 Å². The summed E-state index contributed by atoms with van der Waals surface area (Å²) >= 11 is 0. The third-order valence-electron chi connectivity index (χ3n) is 2.96. The number of hydrogen-bond donors (Lipinski definition) is 1. The van der Waals surface area contributed by atoms with E-state index in [1.807, 2.05) is 6.92 Å². The van der Waals surface area contributed by atoms with Crippen LogP contribution in [-0.4, -0.2) is 47.8 Å². The molecule has 0 spiro atoms. The highest BCUT2D eigenvalue weighted by molar-refractivity contribution is 5.86. The van der Waals surface area contributed by atoms with Crippen molar-refractivity contribution in [3.8, 4) is 0 Å². The van der Waals surface area contributed by atoms with Crippen LogP contribution in [0.3, 0.4) is 0 Å². The van der Waals surface area contributed by atoms with Crippen molar-refractivity contribution >= 4 is 5.91 Å². The normalized spacial score (nSPS) is 24.2. The molecule has 1 amide bonds. The second kappa shape index (κ2) is 5.46. The van der Waals surface area contributed by atoms with Crippen molar-refractivity contribution in [1.29, 1.82) is 0 Å². The summed E-state index contributed by atoms with van der Waals surface area (Å²) < 4.78 is 5.34. The molecule has 1 heterocycles. The van der Waals surface area contributed by atoms with Crippen molar-refractivity contribution in [3.63, 3.8) is 0 Å². The number of rotatable bonds is 5. The third-order valence-corrected chi connectivity index (χ3v) is 2.96. The van der Waals surface area contributed by atoms with Gasteiger partial charge in [0.05, 0.1) is 6.61 Å². The number of aliphatic hydroxyl groups is 1. The molecule has 4 nitrogen and oxygen atoms in total. The van der Waals surface area contributed by atoms with E-state index >= 15 is 0 Å². The molecule has 0 aromatic heterocycles. The van der Waals surface area contributed by atoms with Gasteiger partial charge in [-0.3, -0.25) is 4.79 Å². The largest absolute Gasteiger partial charge is 0.381 e. The summed E-state index contributed by atoms with van der Waals surface area (Å²) in [7, 11) is 0. The predicted molar refractivity (Wildman–Crippen MR) is 62.0 cm³/mol. The van der Waals surface area contributed by atoms with E-state index in [0.717, 1.165) is 6.42 Å². The predicted octanol–water partition coefficient (Wildman–Crippen LogP) is 0.808. The molecule has 4 heteroatoms. The van der Waals surface area contributed by atoms with Crippen molar-refractivity contribution in [3.05, 3.63) is 12.7 Å². The van der Waals surface area contributed by atoms with Gasteiger partial charge in [0, 0.05) is 25.6 Å². The number of hydrogen-bond acceptors (Lipinski definition) is 3. The van der Waals surface area contributed by atoms with E-state index in [1.165, 1.54) is 13.0 Å². The summed E-state index contributed by atoms with van der Waals surface area (Å²) in [4.78, 5) is 13.6. The van der Waals surface area contributed by atoms with Crippen molar-refractivity contribution in [2.24, 2.45) is 5.92 Å². The van der Waals surface area contributed by atoms with Crippen LogP contribution in [0.4, 0.5) is 0 Å². The summed E-state index contributed by atoms with van der Waals surface area (Å²) in [6.45, 7) is 9.66. The number of ether oxygens (including phenoxy) is 1. The molecule has 0 aliphatic carbocycles. The third kappa shape index (κ3) is 3.06. The number of carbonyl (C=O) groups is 1. The lowest BCUT2D eigenvalue weighted by Gasteiger charge is -2.25. The molecular weight excluding hydrogens is 206 g/mol. The first kappa shape index (κ1) is 13.2. The Kier molecular flexibility index (Phi) is 4.50. The molecule has 0 radical (unpaired) electrons. The van der Waals surface area contributed by atoms with E-state index in [9.17, 15) is 9.90 Å². The zero-order valence-corrected chi connectivity index (χ0v) is 10.1. The molecule has 0 aromatic rings. The van der Waals surface area contributed by atoms with Gasteiger partial charge >= 0.3 is 0 Å². The first-order valence-corrected chi connectivity index (χ1v) is 5.74. The Morgan fingerprint density at radius 2 is 2.44 bits per heavy atom. The Morgan fingerprint density at radius 1 is 1.75 bits per heavy atom. The van der Waals surface area contributed by atoms with E-state index in [-0.39, 0.29) is 5.91 Å². The smallest absolute Gasteiger partial charge is 0.258 e. The summed E-state index contributed by atoms with van der Waals surface area (Å²) in [5, 5.41) is 9.77. The molecule has 0 aromatic carbocycles. The fourth-order valence-electron chi connectivity index (χ4n) is 1.85. The summed E-state index contributed by atoms with van der Waals surface area (Å²) in [6, 6.07) is 0. The monoisotopic (exact) mass is 227 g/mol. The fraction of sp³-hybridized carbons (Fsp3) is 0.750. The van der Waals surface area contributed by atoms with Gasteiger partial charge in [-0.1, -0.05) is 12.7 Å². The van der Waals surface area contributed by atoms with E-state index < -0.39 is 5.60 Å². The van der Waals surface area contributed by atoms with Gasteiger partial charge in [-0.05, 0) is 20.3 Å². The minimum Gasteiger partial charge on any atom is -0.381 e. The van der Waals surface area contributed by atoms with E-state index in [2.05, 4.69) is 6.58 Å². The van der Waals surface area contributed by atoms with Crippen LogP contribution in [-0.2, 0) is 9.53 Å². The molecule has 0 saturated carbocycles. The van der Waals surface area contributed by atoms with Crippen LogP contribution in [0.5, 0.6) is 0 Å². The van der Waals surface area contributed by atoms with Gasteiger partial charge in [0.2, 0.25) is 0 Å². The number of amides is 1. The van der Waals surface area contributed by atoms with Crippen LogP contribution in [0.25, 0.3) is 0 Å². The second-order valence-electron chi connectivity index (χ2n) is 4.42. The summed E-state index contributed by atoms with van der Waals surface area (Å²) in [5.41, 5.74) is -1.44. The quantitative estimate of drug-likeness (QED) is 0.707. The number of carbonyl (C=O) groups excluding carboxylic acids is 1. The summed E-state index contributed by atoms with van der Waals surface area (Å²) in [5.74, 6) is 0.131. The molecule has 1 N–H and O–H groups in total. The van der Waals surface area contributed by atoms with Crippen molar-refractivity contribution < 1.29 is 14.6 Å². The van der Waals surface area contributed by atoms with Gasteiger partial charge in [0.25, 0.3) is 5.91 Å². The van der Waals surface area contributed by atoms with Gasteiger partial charge in [-0.25, -0.2) is 0 Å². The van der Waals surface area contributed by atoms with E-state index in [0.29, 0.717) is 32.2 Å². The SMILES string of the molecule is C=C[C@](C)(O)C(=O)N1CC[C@H](COCC)C1. The van der Waals surface area contributed by atoms with Gasteiger partial charge in [-0.2, -0.15) is 0 Å². The van der Waals surface area contributed by atoms with Crippen LogP contribution >= 0.6 is 0 Å². The van der Waals surface area contributed by atoms with Crippen molar-refractivity contribution in [2.45, 2.75) is 25.9 Å². The molecule has 1 rings (SSSR count). The maximum absolute atomic E-state index is 11.9. The molecule has 1 aliphatic heterocycles. The Bertz CT molecular complexity index is 263. The van der Waals surface area contributed by atoms with Crippen molar-refractivity contribution in [1.82, 2.24) is 4.90 Å². The Hall–Kier alpha value is -0.870. The van der Waals surface area contributed by atoms with Crippen LogP contribution in [0.1, 0.15) is 20.3 Å². The lowest BCUT2D eigenvalue weighted by molar-refractivity contribution is -0.144. The highest BCUT2D eigenvalue weighted by Crippen LogP contribution is 2.20. The highest BCUT2D eigenvalue weighted by Gasteiger charge is 2.35. The van der Waals surface area contributed by atoms with E-state index in [4.69, 9.17) is 4.74 Å². The molecule has 1 fully saturated rings.